The molecule has 0 aliphatic carbocycles. The third-order valence-corrected chi connectivity index (χ3v) is 11.3. The average molecular weight is 952 g/mol. The number of allylic oxidation sites excluding steroid dienone is 1. The number of H-pyrrole nitrogens is 1. The number of rotatable bonds is 17. The van der Waals surface area contributed by atoms with Gasteiger partial charge >= 0.3 is 5.97 Å². The number of carbonyl (C=O) groups is 6. The van der Waals surface area contributed by atoms with Crippen molar-refractivity contribution < 1.29 is 58.1 Å². The summed E-state index contributed by atoms with van der Waals surface area (Å²) in [5.74, 6) is -2.02. The van der Waals surface area contributed by atoms with Crippen molar-refractivity contribution in [2.24, 2.45) is 21.7 Å². The molecule has 0 fully saturated rings. The zero-order chi connectivity index (χ0) is 48.4. The monoisotopic (exact) mass is 949 g/mol. The SMILES string of the molecule is CC(=O)O.CCC(C)(C)C(=O)OCCSC(C)C(=O)N=C1[N-]C(=Cc2[nH]c(NC(=O)C(C)(C)C)c(C(=O)N(C(C)C)C(C)C)c2C(C)C)C(C(C)C)=C1C(=O)N(C(C)C)C(C)C.[Zn]. The Balaban J connectivity index is 0.00000735. The van der Waals surface area contributed by atoms with Crippen molar-refractivity contribution in [1.82, 2.24) is 14.8 Å². The Morgan fingerprint density at radius 2 is 1.30 bits per heavy atom. The largest absolute Gasteiger partial charge is 0.481 e. The molecule has 1 aromatic heterocycles. The summed E-state index contributed by atoms with van der Waals surface area (Å²) in [4.78, 5) is 89.4. The number of aliphatic imine (C=N–C) groups is 1. The number of hydrogen-bond acceptors (Lipinski definition) is 8. The number of nitrogens with zero attached hydrogens (tertiary/aromatic N) is 4. The summed E-state index contributed by atoms with van der Waals surface area (Å²) in [5.41, 5.74) is 1.60. The van der Waals surface area contributed by atoms with Crippen molar-refractivity contribution in [3.8, 4) is 0 Å². The quantitative estimate of drug-likeness (QED) is 0.0775. The number of amides is 4. The normalized spacial score (nSPS) is 14.9. The van der Waals surface area contributed by atoms with Crippen LogP contribution in [0.2, 0.25) is 0 Å². The van der Waals surface area contributed by atoms with Gasteiger partial charge < -0.3 is 40.3 Å². The maximum absolute atomic E-state index is 14.7. The van der Waals surface area contributed by atoms with Gasteiger partial charge in [-0.3, -0.25) is 28.8 Å². The zero-order valence-electron chi connectivity index (χ0n) is 41.9. The fourth-order valence-corrected chi connectivity index (χ4v) is 7.55. The first-order valence-corrected chi connectivity index (χ1v) is 22.9. The van der Waals surface area contributed by atoms with Gasteiger partial charge in [0.1, 0.15) is 12.4 Å². The standard InChI is InChI=1S/C45H74N6O6S.C2H4O2.Zn/c1-20-45(18,19)43(56)57-21-22-58-30(14)39(52)48-37-35(40(53)50(26(6)7)27(8)9)33(24(2)3)31(46-37)23-32-34(25(4)5)36(41(54)51(28(10)11)29(12)13)38(47-32)49-42(55)44(15,16)17;1-2(3)4;/h23-30H,20-22H2,1-19H3,(H3,46,47,48,49,52,53,54,55);1H3,(H,3,4);/p-1. The van der Waals surface area contributed by atoms with Crippen molar-refractivity contribution in [1.29, 1.82) is 0 Å². The number of carbonyl (C=O) groups excluding carboxylic acids is 5. The first-order valence-electron chi connectivity index (χ1n) is 21.8. The van der Waals surface area contributed by atoms with Gasteiger partial charge in [-0.15, -0.1) is 11.8 Å². The van der Waals surface area contributed by atoms with E-state index in [1.54, 1.807) is 16.7 Å². The smallest absolute Gasteiger partial charge is 0.311 e. The van der Waals surface area contributed by atoms with E-state index in [9.17, 15) is 24.0 Å². The summed E-state index contributed by atoms with van der Waals surface area (Å²) in [6.07, 6.45) is 2.46. The molecular weight excluding hydrogens is 874 g/mol. The molecule has 2 rings (SSSR count). The predicted molar refractivity (Wildman–Crippen MR) is 252 cm³/mol. The molecule has 4 amide bonds. The molecule has 1 aliphatic heterocycles. The molecule has 0 saturated heterocycles. The fourth-order valence-electron chi connectivity index (χ4n) is 6.82. The summed E-state index contributed by atoms with van der Waals surface area (Å²) in [6, 6.07) is -0.545. The number of aliphatic carboxylic acids is 1. The van der Waals surface area contributed by atoms with Crippen LogP contribution in [-0.4, -0.2) is 103 Å². The molecule has 0 aromatic carbocycles. The van der Waals surface area contributed by atoms with Gasteiger partial charge in [-0.05, 0) is 123 Å². The summed E-state index contributed by atoms with van der Waals surface area (Å²) in [5, 5.41) is 14.8. The number of thioether (sulfide) groups is 1. The van der Waals surface area contributed by atoms with E-state index in [-0.39, 0.29) is 97.2 Å². The molecule has 1 aliphatic rings. The van der Waals surface area contributed by atoms with E-state index in [0.717, 1.165) is 6.92 Å². The number of ether oxygens (including phenoxy) is 1. The van der Waals surface area contributed by atoms with Crippen molar-refractivity contribution in [2.45, 2.75) is 180 Å². The second kappa shape index (κ2) is 25.1. The van der Waals surface area contributed by atoms with Crippen LogP contribution < -0.4 is 5.32 Å². The maximum atomic E-state index is 14.7. The number of carboxylic acids is 1. The zero-order valence-corrected chi connectivity index (χ0v) is 45.7. The van der Waals surface area contributed by atoms with Crippen LogP contribution in [0.1, 0.15) is 172 Å². The number of anilines is 1. The molecule has 1 unspecified atom stereocenters. The first-order chi connectivity index (χ1) is 28.3. The summed E-state index contributed by atoms with van der Waals surface area (Å²) in [6.45, 7) is 37.6. The van der Waals surface area contributed by atoms with Crippen LogP contribution in [0, 0.1) is 16.7 Å². The van der Waals surface area contributed by atoms with Crippen molar-refractivity contribution in [2.75, 3.05) is 17.7 Å². The number of hydrogen-bond donors (Lipinski definition) is 3. The third-order valence-electron chi connectivity index (χ3n) is 10.2. The Morgan fingerprint density at radius 1 is 0.825 bits per heavy atom. The molecule has 63 heavy (non-hydrogen) atoms. The van der Waals surface area contributed by atoms with Gasteiger partial charge in [0.05, 0.1) is 16.2 Å². The molecule has 16 heteroatoms. The van der Waals surface area contributed by atoms with Crippen molar-refractivity contribution in [3.63, 3.8) is 0 Å². The number of esters is 1. The van der Waals surface area contributed by atoms with Gasteiger partial charge in [0.2, 0.25) is 5.91 Å². The fraction of sp³-hybridized carbons (Fsp3) is 0.681. The molecule has 0 saturated carbocycles. The van der Waals surface area contributed by atoms with Crippen molar-refractivity contribution >= 4 is 65.1 Å². The second-order valence-corrected chi connectivity index (χ2v) is 20.6. The molecule has 2 heterocycles. The Labute approximate surface area is 394 Å². The number of carboxylic acid groups (broad SMARTS) is 1. The van der Waals surface area contributed by atoms with E-state index in [4.69, 9.17) is 20.0 Å². The molecule has 3 N–H and O–H groups in total. The third kappa shape index (κ3) is 16.3. The Hall–Kier alpha value is -3.78. The Morgan fingerprint density at radius 3 is 1.71 bits per heavy atom. The van der Waals surface area contributed by atoms with E-state index in [2.05, 4.69) is 15.3 Å². The predicted octanol–water partition coefficient (Wildman–Crippen LogP) is 9.82. The van der Waals surface area contributed by atoms with Crippen LogP contribution in [0.3, 0.4) is 0 Å². The van der Waals surface area contributed by atoms with Crippen LogP contribution in [-0.2, 0) is 48.2 Å². The van der Waals surface area contributed by atoms with Crippen LogP contribution in [0.4, 0.5) is 5.82 Å². The van der Waals surface area contributed by atoms with Gasteiger partial charge in [0.25, 0.3) is 17.8 Å². The van der Waals surface area contributed by atoms with Crippen LogP contribution >= 0.6 is 11.8 Å². The number of aromatic nitrogens is 1. The molecule has 1 aromatic rings. The number of aromatic amines is 1. The summed E-state index contributed by atoms with van der Waals surface area (Å²) < 4.78 is 5.48. The van der Waals surface area contributed by atoms with E-state index >= 15 is 0 Å². The topological polar surface area (TPSA) is 193 Å². The Bertz CT molecular complexity index is 1860. The number of nitrogens with one attached hydrogen (secondary N) is 2. The average Bonchev–Trinajstić information content (AvgIpc) is 3.66. The van der Waals surface area contributed by atoms with Gasteiger partial charge in [0.15, 0.2) is 5.91 Å². The van der Waals surface area contributed by atoms with Crippen LogP contribution in [0.25, 0.3) is 11.4 Å². The first kappa shape index (κ1) is 59.2. The van der Waals surface area contributed by atoms with Gasteiger partial charge in [0, 0.05) is 73.0 Å². The molecule has 0 radical (unpaired) electrons. The van der Waals surface area contributed by atoms with E-state index in [1.165, 1.54) is 11.8 Å². The molecular formula is C47H77N6O8SZn-. The van der Waals surface area contributed by atoms with E-state index in [0.29, 0.717) is 46.1 Å². The van der Waals surface area contributed by atoms with Crippen LogP contribution in [0.5, 0.6) is 0 Å². The minimum absolute atomic E-state index is 0. The minimum atomic E-state index is -0.833. The molecule has 0 bridgehead atoms. The van der Waals surface area contributed by atoms with Gasteiger partial charge in [-0.2, -0.15) is 0 Å². The minimum Gasteiger partial charge on any atom is -0.481 e. The van der Waals surface area contributed by atoms with Crippen LogP contribution in [0.15, 0.2) is 21.8 Å². The molecule has 14 nitrogen and oxygen atoms in total. The van der Waals surface area contributed by atoms with Gasteiger partial charge in [-0.25, -0.2) is 0 Å². The molecule has 0 spiro atoms. The molecule has 1 atom stereocenters. The maximum Gasteiger partial charge on any atom is 0.311 e. The Kier molecular flexibility index (Phi) is 23.6. The van der Waals surface area contributed by atoms with Gasteiger partial charge in [-0.1, -0.05) is 55.4 Å². The van der Waals surface area contributed by atoms with E-state index in [1.807, 2.05) is 131 Å². The second-order valence-electron chi connectivity index (χ2n) is 19.1. The van der Waals surface area contributed by atoms with Crippen molar-refractivity contribution in [3.05, 3.63) is 39.0 Å². The van der Waals surface area contributed by atoms with E-state index < -0.39 is 28.0 Å². The summed E-state index contributed by atoms with van der Waals surface area (Å²) >= 11 is 1.31. The number of amidine groups is 1. The summed E-state index contributed by atoms with van der Waals surface area (Å²) in [7, 11) is 0. The molecule has 352 valence electrons.